The molecule has 8 nitrogen and oxygen atoms in total. The van der Waals surface area contributed by atoms with Crippen molar-refractivity contribution in [3.8, 4) is 23.0 Å². The number of piperazine rings is 1. The van der Waals surface area contributed by atoms with Gasteiger partial charge in [0, 0.05) is 44.4 Å². The molecule has 1 atom stereocenters. The molecule has 1 saturated heterocycles. The molecule has 0 radical (unpaired) electrons. The Morgan fingerprint density at radius 3 is 2.31 bits per heavy atom. The van der Waals surface area contributed by atoms with Gasteiger partial charge in [-0.25, -0.2) is 4.79 Å². The molecule has 1 unspecified atom stereocenters. The summed E-state index contributed by atoms with van der Waals surface area (Å²) < 4.78 is 27.3. The molecule has 0 spiro atoms. The van der Waals surface area contributed by atoms with Crippen molar-refractivity contribution in [1.82, 2.24) is 9.80 Å². The zero-order valence-electron chi connectivity index (χ0n) is 23.4. The third kappa shape index (κ3) is 6.97. The third-order valence-corrected chi connectivity index (χ3v) is 8.11. The molecule has 3 aliphatic heterocycles. The van der Waals surface area contributed by atoms with Gasteiger partial charge in [-0.15, -0.1) is 0 Å². The van der Waals surface area contributed by atoms with Gasteiger partial charge in [-0.1, -0.05) is 38.2 Å². The summed E-state index contributed by atoms with van der Waals surface area (Å²) in [5, 5.41) is 0. The van der Waals surface area contributed by atoms with Crippen molar-refractivity contribution in [2.45, 2.75) is 64.0 Å². The van der Waals surface area contributed by atoms with Crippen molar-refractivity contribution in [2.75, 3.05) is 53.7 Å². The Kier molecular flexibility index (Phi) is 9.48. The number of ether oxygens (including phenoxy) is 5. The van der Waals surface area contributed by atoms with Crippen LogP contribution in [0.2, 0.25) is 0 Å². The maximum absolute atomic E-state index is 12.4. The second-order valence-corrected chi connectivity index (χ2v) is 10.8. The van der Waals surface area contributed by atoms with Crippen LogP contribution in [0.4, 0.5) is 0 Å². The predicted molar refractivity (Wildman–Crippen MR) is 149 cm³/mol. The van der Waals surface area contributed by atoms with Gasteiger partial charge in [-0.2, -0.15) is 0 Å². The Hall–Kier alpha value is -2.97. The maximum atomic E-state index is 12.4. The minimum absolute atomic E-state index is 0.200. The van der Waals surface area contributed by atoms with E-state index in [-0.39, 0.29) is 12.1 Å². The molecule has 2 aromatic rings. The highest BCUT2D eigenvalue weighted by molar-refractivity contribution is 5.97. The number of rotatable bonds is 14. The molecular weight excluding hydrogens is 496 g/mol. The molecule has 1 fully saturated rings. The van der Waals surface area contributed by atoms with Crippen LogP contribution in [0.15, 0.2) is 30.3 Å². The van der Waals surface area contributed by atoms with Crippen LogP contribution in [-0.4, -0.2) is 69.5 Å². The summed E-state index contributed by atoms with van der Waals surface area (Å²) in [5.74, 6) is 2.66. The second-order valence-electron chi connectivity index (χ2n) is 10.8. The van der Waals surface area contributed by atoms with Gasteiger partial charge in [0.1, 0.15) is 23.2 Å². The first-order chi connectivity index (χ1) is 19.1. The fraction of sp³-hybridized carbons (Fsp3) is 0.581. The molecule has 212 valence electrons. The van der Waals surface area contributed by atoms with E-state index in [1.807, 2.05) is 12.1 Å². The Morgan fingerprint density at radius 1 is 0.821 bits per heavy atom. The molecule has 0 saturated carbocycles. The van der Waals surface area contributed by atoms with Crippen molar-refractivity contribution in [3.05, 3.63) is 47.0 Å². The monoisotopic (exact) mass is 538 g/mol. The van der Waals surface area contributed by atoms with E-state index in [0.717, 1.165) is 69.0 Å². The van der Waals surface area contributed by atoms with Crippen molar-refractivity contribution in [2.24, 2.45) is 0 Å². The van der Waals surface area contributed by atoms with Gasteiger partial charge >= 0.3 is 5.97 Å². The van der Waals surface area contributed by atoms with Gasteiger partial charge in [0.05, 0.1) is 14.2 Å². The average molecular weight is 539 g/mol. The van der Waals surface area contributed by atoms with E-state index < -0.39 is 0 Å². The van der Waals surface area contributed by atoms with Crippen LogP contribution < -0.4 is 18.9 Å². The molecule has 0 aromatic heterocycles. The molecular formula is C31H42N2O6. The first kappa shape index (κ1) is 27.6. The van der Waals surface area contributed by atoms with Crippen LogP contribution >= 0.6 is 0 Å². The number of unbranched alkanes of at least 4 members (excludes halogenated alkanes) is 6. The molecule has 0 bridgehead atoms. The summed E-state index contributed by atoms with van der Waals surface area (Å²) in [6.45, 7) is 7.05. The van der Waals surface area contributed by atoms with Crippen LogP contribution in [0.1, 0.15) is 79.0 Å². The quantitative estimate of drug-likeness (QED) is 0.228. The zero-order valence-corrected chi connectivity index (χ0v) is 23.4. The Bertz CT molecular complexity index is 1110. The lowest BCUT2D eigenvalue weighted by Gasteiger charge is -2.34. The zero-order chi connectivity index (χ0) is 27.0. The molecule has 5 rings (SSSR count). The van der Waals surface area contributed by atoms with E-state index >= 15 is 0 Å². The molecule has 3 heterocycles. The van der Waals surface area contributed by atoms with Gasteiger partial charge in [-0.05, 0) is 49.6 Å². The Balaban J connectivity index is 0.905. The van der Waals surface area contributed by atoms with Crippen LogP contribution in [0.5, 0.6) is 23.0 Å². The van der Waals surface area contributed by atoms with Gasteiger partial charge in [0.2, 0.25) is 6.79 Å². The highest BCUT2D eigenvalue weighted by Crippen LogP contribution is 2.41. The van der Waals surface area contributed by atoms with Crippen LogP contribution in [0.25, 0.3) is 0 Å². The lowest BCUT2D eigenvalue weighted by molar-refractivity contribution is 0.0361. The van der Waals surface area contributed by atoms with E-state index in [0.29, 0.717) is 23.9 Å². The number of cyclic esters (lactones) is 1. The van der Waals surface area contributed by atoms with Crippen LogP contribution in [0, 0.1) is 0 Å². The summed E-state index contributed by atoms with van der Waals surface area (Å²) in [4.78, 5) is 17.5. The number of hydrogen-bond donors (Lipinski definition) is 0. The molecule has 0 N–H and O–H groups in total. The number of fused-ring (bicyclic) bond motifs is 2. The van der Waals surface area contributed by atoms with Crippen molar-refractivity contribution in [3.63, 3.8) is 0 Å². The fourth-order valence-corrected chi connectivity index (χ4v) is 5.85. The van der Waals surface area contributed by atoms with Gasteiger partial charge < -0.3 is 28.6 Å². The van der Waals surface area contributed by atoms with Crippen molar-refractivity contribution in [1.29, 1.82) is 0 Å². The number of carbonyl (C=O) groups excluding carboxylic acids is 1. The smallest absolute Gasteiger partial charge is 0.342 e. The second kappa shape index (κ2) is 13.4. The third-order valence-electron chi connectivity index (χ3n) is 8.11. The van der Waals surface area contributed by atoms with E-state index in [4.69, 9.17) is 23.7 Å². The Morgan fingerprint density at radius 2 is 1.54 bits per heavy atom. The number of benzene rings is 2. The predicted octanol–water partition coefficient (Wildman–Crippen LogP) is 5.58. The largest absolute Gasteiger partial charge is 0.497 e. The van der Waals surface area contributed by atoms with Crippen molar-refractivity contribution < 1.29 is 28.5 Å². The summed E-state index contributed by atoms with van der Waals surface area (Å²) in [7, 11) is 3.19. The molecule has 2 aromatic carbocycles. The average Bonchev–Trinajstić information content (AvgIpc) is 3.56. The number of nitrogens with zero attached hydrogens (tertiary/aromatic N) is 2. The maximum Gasteiger partial charge on any atom is 0.342 e. The van der Waals surface area contributed by atoms with E-state index in [9.17, 15) is 4.79 Å². The SMILES string of the molecule is COc1cc(OC)c2c(c1)C(CCCCCCCCCN1CCN(Cc3ccc4c(c3)OCO4)CC1)OC2=O. The van der Waals surface area contributed by atoms with E-state index in [2.05, 4.69) is 21.9 Å². The highest BCUT2D eigenvalue weighted by Gasteiger charge is 2.34. The molecule has 8 heteroatoms. The van der Waals surface area contributed by atoms with Gasteiger partial charge in [-0.3, -0.25) is 4.90 Å². The van der Waals surface area contributed by atoms with Crippen LogP contribution in [-0.2, 0) is 11.3 Å². The highest BCUT2D eigenvalue weighted by atomic mass is 16.7. The topological polar surface area (TPSA) is 69.7 Å². The van der Waals surface area contributed by atoms with Gasteiger partial charge in [0.15, 0.2) is 11.5 Å². The lowest BCUT2D eigenvalue weighted by atomic mass is 9.99. The van der Waals surface area contributed by atoms with E-state index in [1.54, 1.807) is 20.3 Å². The Labute approximate surface area is 232 Å². The first-order valence-corrected chi connectivity index (χ1v) is 14.4. The summed E-state index contributed by atoms with van der Waals surface area (Å²) in [6, 6.07) is 9.94. The number of hydrogen-bond acceptors (Lipinski definition) is 8. The molecule has 3 aliphatic rings. The lowest BCUT2D eigenvalue weighted by Crippen LogP contribution is -2.46. The molecule has 0 amide bonds. The standard InChI is InChI=1S/C31H42N2O6/c1-35-24-19-25-26(39-31(34)30(25)29(20-24)36-2)10-8-6-4-3-5-7-9-13-32-14-16-33(17-15-32)21-23-11-12-27-28(18-23)38-22-37-27/h11-12,18-20,26H,3-10,13-17,21-22H2,1-2H3. The number of esters is 1. The summed E-state index contributed by atoms with van der Waals surface area (Å²) >= 11 is 0. The van der Waals surface area contributed by atoms with Crippen molar-refractivity contribution >= 4 is 5.97 Å². The molecule has 39 heavy (non-hydrogen) atoms. The minimum Gasteiger partial charge on any atom is -0.497 e. The first-order valence-electron chi connectivity index (χ1n) is 14.4. The fourth-order valence-electron chi connectivity index (χ4n) is 5.85. The minimum atomic E-state index is -0.291. The summed E-state index contributed by atoms with van der Waals surface area (Å²) in [5.41, 5.74) is 2.74. The summed E-state index contributed by atoms with van der Waals surface area (Å²) in [6.07, 6.45) is 9.22. The van der Waals surface area contributed by atoms with Crippen LogP contribution in [0.3, 0.4) is 0 Å². The molecule has 0 aliphatic carbocycles. The number of methoxy groups -OCH3 is 2. The van der Waals surface area contributed by atoms with Gasteiger partial charge in [0.25, 0.3) is 0 Å². The normalized spacial score (nSPS) is 18.7. The van der Waals surface area contributed by atoms with E-state index in [1.165, 1.54) is 44.2 Å². The number of carbonyl (C=O) groups is 1.